The topological polar surface area (TPSA) is 24.5 Å². The van der Waals surface area contributed by atoms with Gasteiger partial charge in [0.25, 0.3) is 0 Å². The Bertz CT molecular complexity index is 467. The maximum Gasteiger partial charge on any atom is 0.408 e. The predicted octanol–water partition coefficient (Wildman–Crippen LogP) is 3.39. The van der Waals surface area contributed by atoms with Gasteiger partial charge < -0.3 is 10.1 Å². The van der Waals surface area contributed by atoms with Crippen molar-refractivity contribution in [3.05, 3.63) is 28.2 Å². The number of nitrogens with zero attached hydrogens (tertiary/aromatic N) is 1. The largest absolute Gasteiger partial charge is 0.497 e. The number of methoxy groups -OCH3 is 1. The minimum Gasteiger partial charge on any atom is -0.497 e. The minimum atomic E-state index is -4.33. The molecule has 1 aromatic rings. The lowest BCUT2D eigenvalue weighted by Crippen LogP contribution is -2.49. The molecule has 0 amide bonds. The third kappa shape index (κ3) is 4.48. The summed E-state index contributed by atoms with van der Waals surface area (Å²) in [7, 11) is 1.44. The Balaban J connectivity index is 0.00000220. The number of halogens is 5. The van der Waals surface area contributed by atoms with Gasteiger partial charge in [0.1, 0.15) is 11.8 Å². The summed E-state index contributed by atoms with van der Waals surface area (Å²) >= 11 is 3.22. The highest BCUT2D eigenvalue weighted by Crippen LogP contribution is 2.41. The SMILES string of the molecule is COc1ccc(Br)c([C@@H](N2CCNCC2)C(F)(F)F)c1.Cl. The molecule has 0 spiro atoms. The molecule has 0 unspecified atom stereocenters. The summed E-state index contributed by atoms with van der Waals surface area (Å²) in [6, 6.07) is 3.06. The zero-order chi connectivity index (χ0) is 14.8. The molecule has 1 heterocycles. The van der Waals surface area contributed by atoms with Gasteiger partial charge in [-0.25, -0.2) is 0 Å². The summed E-state index contributed by atoms with van der Waals surface area (Å²) in [5.74, 6) is 0.424. The molecule has 1 aliphatic heterocycles. The summed E-state index contributed by atoms with van der Waals surface area (Å²) < 4.78 is 45.9. The summed E-state index contributed by atoms with van der Waals surface area (Å²) in [4.78, 5) is 1.45. The monoisotopic (exact) mass is 388 g/mol. The van der Waals surface area contributed by atoms with E-state index >= 15 is 0 Å². The van der Waals surface area contributed by atoms with E-state index in [1.807, 2.05) is 0 Å². The molecule has 0 saturated carbocycles. The third-order valence-electron chi connectivity index (χ3n) is 3.32. The van der Waals surface area contributed by atoms with Crippen molar-refractivity contribution >= 4 is 28.3 Å². The fourth-order valence-electron chi connectivity index (χ4n) is 2.38. The molecule has 0 aliphatic carbocycles. The zero-order valence-electron chi connectivity index (χ0n) is 11.4. The highest BCUT2D eigenvalue weighted by molar-refractivity contribution is 9.10. The Kier molecular flexibility index (Phi) is 6.77. The quantitative estimate of drug-likeness (QED) is 0.858. The van der Waals surface area contributed by atoms with E-state index in [1.165, 1.54) is 18.1 Å². The van der Waals surface area contributed by atoms with Crippen molar-refractivity contribution in [3.63, 3.8) is 0 Å². The van der Waals surface area contributed by atoms with Gasteiger partial charge in [-0.1, -0.05) is 15.9 Å². The second kappa shape index (κ2) is 7.67. The van der Waals surface area contributed by atoms with Crippen LogP contribution in [0.25, 0.3) is 0 Å². The van der Waals surface area contributed by atoms with E-state index < -0.39 is 12.2 Å². The van der Waals surface area contributed by atoms with Crippen LogP contribution in [0.5, 0.6) is 5.75 Å². The van der Waals surface area contributed by atoms with Gasteiger partial charge in [0.15, 0.2) is 0 Å². The van der Waals surface area contributed by atoms with E-state index in [9.17, 15) is 13.2 Å². The molecule has 8 heteroatoms. The highest BCUT2D eigenvalue weighted by atomic mass is 79.9. The molecule has 1 N–H and O–H groups in total. The predicted molar refractivity (Wildman–Crippen MR) is 81.2 cm³/mol. The summed E-state index contributed by atoms with van der Waals surface area (Å²) in [6.45, 7) is 1.87. The first kappa shape index (κ1) is 18.5. The van der Waals surface area contributed by atoms with E-state index in [0.717, 1.165) is 0 Å². The van der Waals surface area contributed by atoms with Gasteiger partial charge in [0, 0.05) is 30.7 Å². The van der Waals surface area contributed by atoms with Gasteiger partial charge in [-0.05, 0) is 23.8 Å². The van der Waals surface area contributed by atoms with Crippen molar-refractivity contribution in [2.24, 2.45) is 0 Å². The standard InChI is InChI=1S/C13H16BrF3N2O.ClH/c1-20-9-2-3-11(14)10(8-9)12(13(15,16)17)19-6-4-18-5-7-19;/h2-3,8,12,18H,4-7H2,1H3;1H/t12-;/m1./s1. The summed E-state index contributed by atoms with van der Waals surface area (Å²) in [5.41, 5.74) is 0.193. The lowest BCUT2D eigenvalue weighted by Gasteiger charge is -2.36. The number of benzene rings is 1. The number of ether oxygens (including phenoxy) is 1. The van der Waals surface area contributed by atoms with E-state index in [1.54, 1.807) is 12.1 Å². The molecule has 0 aromatic heterocycles. The maximum absolute atomic E-state index is 13.5. The molecule has 120 valence electrons. The lowest BCUT2D eigenvalue weighted by molar-refractivity contribution is -0.188. The summed E-state index contributed by atoms with van der Waals surface area (Å²) in [6.07, 6.45) is -4.33. The number of hydrogen-bond acceptors (Lipinski definition) is 3. The Morgan fingerprint density at radius 3 is 2.43 bits per heavy atom. The second-order valence-electron chi connectivity index (χ2n) is 4.62. The van der Waals surface area contributed by atoms with Crippen LogP contribution in [-0.4, -0.2) is 44.4 Å². The van der Waals surface area contributed by atoms with E-state index in [0.29, 0.717) is 36.4 Å². The van der Waals surface area contributed by atoms with Gasteiger partial charge in [-0.2, -0.15) is 13.2 Å². The van der Waals surface area contributed by atoms with E-state index in [4.69, 9.17) is 4.74 Å². The van der Waals surface area contributed by atoms with Crippen molar-refractivity contribution in [2.45, 2.75) is 12.2 Å². The van der Waals surface area contributed by atoms with Crippen molar-refractivity contribution < 1.29 is 17.9 Å². The van der Waals surface area contributed by atoms with Crippen LogP contribution in [0.4, 0.5) is 13.2 Å². The van der Waals surface area contributed by atoms with Crippen molar-refractivity contribution in [1.29, 1.82) is 0 Å². The highest BCUT2D eigenvalue weighted by Gasteiger charge is 2.45. The summed E-state index contributed by atoms with van der Waals surface area (Å²) in [5, 5.41) is 3.06. The van der Waals surface area contributed by atoms with Crippen molar-refractivity contribution in [3.8, 4) is 5.75 Å². The number of rotatable bonds is 3. The first-order valence-electron chi connectivity index (χ1n) is 6.28. The number of piperazine rings is 1. The molecular weight excluding hydrogens is 373 g/mol. The number of nitrogens with one attached hydrogen (secondary N) is 1. The molecule has 1 atom stereocenters. The first-order valence-corrected chi connectivity index (χ1v) is 7.07. The molecule has 1 aromatic carbocycles. The van der Waals surface area contributed by atoms with Crippen LogP contribution in [0, 0.1) is 0 Å². The molecule has 1 saturated heterocycles. The van der Waals surface area contributed by atoms with Crippen LogP contribution in [0.15, 0.2) is 22.7 Å². The molecule has 1 fully saturated rings. The first-order chi connectivity index (χ1) is 9.43. The second-order valence-corrected chi connectivity index (χ2v) is 5.47. The Hall–Kier alpha value is -0.500. The molecule has 1 aliphatic rings. The average molecular weight is 390 g/mol. The van der Waals surface area contributed by atoms with Crippen molar-refractivity contribution in [2.75, 3.05) is 33.3 Å². The fourth-order valence-corrected chi connectivity index (χ4v) is 2.84. The van der Waals surface area contributed by atoms with Crippen molar-refractivity contribution in [1.82, 2.24) is 10.2 Å². The molecular formula is C13H17BrClF3N2O. The minimum absolute atomic E-state index is 0. The Labute approximate surface area is 136 Å². The Morgan fingerprint density at radius 2 is 1.90 bits per heavy atom. The fraction of sp³-hybridized carbons (Fsp3) is 0.538. The van der Waals surface area contributed by atoms with Crippen LogP contribution >= 0.6 is 28.3 Å². The Morgan fingerprint density at radius 1 is 1.29 bits per heavy atom. The van der Waals surface area contributed by atoms with Crippen LogP contribution in [0.3, 0.4) is 0 Å². The molecule has 0 radical (unpaired) electrons. The van der Waals surface area contributed by atoms with E-state index in [-0.39, 0.29) is 18.0 Å². The molecule has 21 heavy (non-hydrogen) atoms. The van der Waals surface area contributed by atoms with Crippen LogP contribution in [0.2, 0.25) is 0 Å². The van der Waals surface area contributed by atoms with Gasteiger partial charge in [-0.15, -0.1) is 12.4 Å². The smallest absolute Gasteiger partial charge is 0.408 e. The zero-order valence-corrected chi connectivity index (χ0v) is 13.8. The molecule has 2 rings (SSSR count). The van der Waals surface area contributed by atoms with Gasteiger partial charge in [0.05, 0.1) is 7.11 Å². The van der Waals surface area contributed by atoms with Crippen LogP contribution in [-0.2, 0) is 0 Å². The van der Waals surface area contributed by atoms with Gasteiger partial charge in [-0.3, -0.25) is 4.90 Å². The molecule has 3 nitrogen and oxygen atoms in total. The maximum atomic E-state index is 13.5. The number of alkyl halides is 3. The van der Waals surface area contributed by atoms with E-state index in [2.05, 4.69) is 21.2 Å². The van der Waals surface area contributed by atoms with Crippen LogP contribution in [0.1, 0.15) is 11.6 Å². The average Bonchev–Trinajstić information content (AvgIpc) is 2.41. The lowest BCUT2D eigenvalue weighted by atomic mass is 10.0. The normalized spacial score (nSPS) is 18.0. The number of hydrogen-bond donors (Lipinski definition) is 1. The van der Waals surface area contributed by atoms with Gasteiger partial charge >= 0.3 is 6.18 Å². The van der Waals surface area contributed by atoms with Crippen LogP contribution < -0.4 is 10.1 Å². The molecule has 0 bridgehead atoms. The third-order valence-corrected chi connectivity index (χ3v) is 4.05. The van der Waals surface area contributed by atoms with Gasteiger partial charge in [0.2, 0.25) is 0 Å².